The second kappa shape index (κ2) is 8.74. The number of anilines is 1. The number of imidazole rings is 1. The van der Waals surface area contributed by atoms with E-state index < -0.39 is 0 Å². The van der Waals surface area contributed by atoms with Crippen LogP contribution >= 0.6 is 31.9 Å². The molecule has 0 radical (unpaired) electrons. The van der Waals surface area contributed by atoms with E-state index in [0.29, 0.717) is 0 Å². The van der Waals surface area contributed by atoms with Crippen molar-refractivity contribution in [3.8, 4) is 0 Å². The SMILES string of the molecule is O=C1N/C(=N\C2CCCCCC2)C(c2cc(Br)cc(Br)c2)N1c1ccc2nc[nH]c2c1. The number of aromatic amines is 1. The van der Waals surface area contributed by atoms with E-state index in [1.54, 1.807) is 11.2 Å². The van der Waals surface area contributed by atoms with E-state index in [9.17, 15) is 4.79 Å². The Hall–Kier alpha value is -2.19. The summed E-state index contributed by atoms with van der Waals surface area (Å²) < 4.78 is 1.91. The van der Waals surface area contributed by atoms with Crippen LogP contribution in [0.15, 0.2) is 56.7 Å². The largest absolute Gasteiger partial charge is 0.345 e. The molecule has 0 bridgehead atoms. The minimum Gasteiger partial charge on any atom is -0.345 e. The third-order valence-electron chi connectivity index (χ3n) is 6.00. The second-order valence-electron chi connectivity index (χ2n) is 8.17. The van der Waals surface area contributed by atoms with Gasteiger partial charge in [-0.15, -0.1) is 0 Å². The molecule has 1 aromatic heterocycles. The van der Waals surface area contributed by atoms with E-state index >= 15 is 0 Å². The smallest absolute Gasteiger partial charge is 0.328 e. The van der Waals surface area contributed by atoms with Gasteiger partial charge in [0, 0.05) is 14.6 Å². The third-order valence-corrected chi connectivity index (χ3v) is 6.92. The molecule has 31 heavy (non-hydrogen) atoms. The molecule has 1 aliphatic carbocycles. The van der Waals surface area contributed by atoms with Crippen LogP contribution in [-0.2, 0) is 0 Å². The minimum absolute atomic E-state index is 0.160. The number of hydrogen-bond donors (Lipinski definition) is 2. The van der Waals surface area contributed by atoms with Crippen molar-refractivity contribution in [3.05, 3.63) is 57.2 Å². The number of benzene rings is 2. The Morgan fingerprint density at radius 3 is 2.48 bits per heavy atom. The number of amides is 2. The van der Waals surface area contributed by atoms with Crippen molar-refractivity contribution in [2.24, 2.45) is 4.99 Å². The Bertz CT molecular complexity index is 1130. The van der Waals surface area contributed by atoms with E-state index in [1.807, 2.05) is 24.3 Å². The van der Waals surface area contributed by atoms with Crippen LogP contribution in [0.1, 0.15) is 50.1 Å². The van der Waals surface area contributed by atoms with E-state index in [-0.39, 0.29) is 18.1 Å². The van der Waals surface area contributed by atoms with Crippen molar-refractivity contribution in [3.63, 3.8) is 0 Å². The predicted molar refractivity (Wildman–Crippen MR) is 131 cm³/mol. The number of H-pyrrole nitrogens is 1. The molecule has 2 aliphatic rings. The lowest BCUT2D eigenvalue weighted by Gasteiger charge is -2.24. The van der Waals surface area contributed by atoms with Gasteiger partial charge in [-0.1, -0.05) is 57.5 Å². The summed E-state index contributed by atoms with van der Waals surface area (Å²) in [6.07, 6.45) is 8.76. The molecule has 5 rings (SSSR count). The summed E-state index contributed by atoms with van der Waals surface area (Å²) in [5, 5.41) is 3.08. The average Bonchev–Trinajstić information content (AvgIpc) is 3.22. The van der Waals surface area contributed by atoms with Gasteiger partial charge >= 0.3 is 6.03 Å². The maximum Gasteiger partial charge on any atom is 0.328 e. The highest BCUT2D eigenvalue weighted by Gasteiger charge is 2.39. The van der Waals surface area contributed by atoms with Crippen LogP contribution in [0.5, 0.6) is 0 Å². The molecule has 8 heteroatoms. The van der Waals surface area contributed by atoms with E-state index in [0.717, 1.165) is 49.9 Å². The number of fused-ring (bicyclic) bond motifs is 1. The zero-order chi connectivity index (χ0) is 21.4. The first-order valence-electron chi connectivity index (χ1n) is 10.7. The Morgan fingerprint density at radius 2 is 1.74 bits per heavy atom. The Morgan fingerprint density at radius 1 is 1.00 bits per heavy atom. The van der Waals surface area contributed by atoms with Crippen LogP contribution in [0.25, 0.3) is 11.0 Å². The summed E-state index contributed by atoms with van der Waals surface area (Å²) in [4.78, 5) is 27.5. The van der Waals surface area contributed by atoms with Crippen molar-refractivity contribution in [1.82, 2.24) is 15.3 Å². The van der Waals surface area contributed by atoms with Crippen LogP contribution in [0.3, 0.4) is 0 Å². The molecule has 0 spiro atoms. The Labute approximate surface area is 197 Å². The molecule has 3 aromatic rings. The standard InChI is InChI=1S/C23H23Br2N5O/c24-15-9-14(10-16(25)11-15)21-22(28-17-5-3-1-2-4-6-17)29-23(31)30(21)18-7-8-19-20(12-18)27-13-26-19/h7-13,17,21H,1-6H2,(H,26,27)(H,28,29,31). The normalized spacial score (nSPS) is 21.6. The summed E-state index contributed by atoms with van der Waals surface area (Å²) >= 11 is 7.20. The fraction of sp³-hybridized carbons (Fsp3) is 0.348. The molecular formula is C23H23Br2N5O. The first-order valence-corrected chi connectivity index (χ1v) is 12.2. The molecule has 2 heterocycles. The minimum atomic E-state index is -0.315. The summed E-state index contributed by atoms with van der Waals surface area (Å²) in [7, 11) is 0. The molecule has 1 aliphatic heterocycles. The highest BCUT2D eigenvalue weighted by Crippen LogP contribution is 2.36. The Kier molecular flexibility index (Phi) is 5.84. The number of hydrogen-bond acceptors (Lipinski definition) is 3. The van der Waals surface area contributed by atoms with Gasteiger partial charge in [-0.05, 0) is 54.8 Å². The molecule has 1 saturated carbocycles. The lowest BCUT2D eigenvalue weighted by Crippen LogP contribution is -2.29. The number of carbonyl (C=O) groups excluding carboxylic acids is 1. The number of nitrogens with one attached hydrogen (secondary N) is 2. The zero-order valence-electron chi connectivity index (χ0n) is 16.9. The number of halogens is 2. The predicted octanol–water partition coefficient (Wildman–Crippen LogP) is 6.48. The highest BCUT2D eigenvalue weighted by atomic mass is 79.9. The van der Waals surface area contributed by atoms with E-state index in [4.69, 9.17) is 4.99 Å². The topological polar surface area (TPSA) is 73.4 Å². The molecule has 2 fully saturated rings. The van der Waals surface area contributed by atoms with Crippen LogP contribution in [0.2, 0.25) is 0 Å². The number of carbonyl (C=O) groups is 1. The quantitative estimate of drug-likeness (QED) is 0.370. The van der Waals surface area contributed by atoms with Crippen LogP contribution in [0, 0.1) is 0 Å². The van der Waals surface area contributed by atoms with Crippen molar-refractivity contribution in [1.29, 1.82) is 0 Å². The number of rotatable bonds is 3. The maximum absolute atomic E-state index is 13.2. The highest BCUT2D eigenvalue weighted by molar-refractivity contribution is 9.11. The second-order valence-corrected chi connectivity index (χ2v) is 10.0. The summed E-state index contributed by atoms with van der Waals surface area (Å²) in [5.74, 6) is 0.728. The van der Waals surface area contributed by atoms with E-state index in [1.165, 1.54) is 25.7 Å². The first-order chi connectivity index (χ1) is 15.1. The van der Waals surface area contributed by atoms with Gasteiger partial charge in [0.1, 0.15) is 11.9 Å². The van der Waals surface area contributed by atoms with Gasteiger partial charge in [-0.3, -0.25) is 15.2 Å². The molecular weight excluding hydrogens is 522 g/mol. The first kappa shape index (κ1) is 20.7. The van der Waals surface area contributed by atoms with Crippen molar-refractivity contribution < 1.29 is 4.79 Å². The summed E-state index contributed by atoms with van der Waals surface area (Å²) in [5.41, 5.74) is 3.57. The van der Waals surface area contributed by atoms with Gasteiger partial charge < -0.3 is 4.98 Å². The third kappa shape index (κ3) is 4.28. The zero-order valence-corrected chi connectivity index (χ0v) is 20.1. The lowest BCUT2D eigenvalue weighted by molar-refractivity contribution is 0.252. The number of amidine groups is 1. The monoisotopic (exact) mass is 543 g/mol. The van der Waals surface area contributed by atoms with Crippen molar-refractivity contribution >= 4 is 60.4 Å². The van der Waals surface area contributed by atoms with Crippen molar-refractivity contribution in [2.45, 2.75) is 50.6 Å². The fourth-order valence-electron chi connectivity index (χ4n) is 4.54. The molecule has 2 N–H and O–H groups in total. The summed E-state index contributed by atoms with van der Waals surface area (Å²) in [6, 6.07) is 11.7. The molecule has 1 unspecified atom stereocenters. The van der Waals surface area contributed by atoms with Gasteiger partial charge in [-0.2, -0.15) is 0 Å². The number of aliphatic imine (C=N–C) groups is 1. The molecule has 160 valence electrons. The molecule has 2 aromatic carbocycles. The molecule has 1 atom stereocenters. The maximum atomic E-state index is 13.2. The van der Waals surface area contributed by atoms with Crippen LogP contribution in [0.4, 0.5) is 10.5 Å². The number of nitrogens with zero attached hydrogens (tertiary/aromatic N) is 3. The Balaban J connectivity index is 1.60. The number of urea groups is 1. The molecule has 1 saturated heterocycles. The fourth-order valence-corrected chi connectivity index (χ4v) is 5.87. The van der Waals surface area contributed by atoms with Gasteiger partial charge in [0.15, 0.2) is 0 Å². The number of aromatic nitrogens is 2. The van der Waals surface area contributed by atoms with Gasteiger partial charge in [0.05, 0.1) is 23.4 Å². The molecule has 2 amide bonds. The summed E-state index contributed by atoms with van der Waals surface area (Å²) in [6.45, 7) is 0. The van der Waals surface area contributed by atoms with E-state index in [2.05, 4.69) is 59.3 Å². The van der Waals surface area contributed by atoms with Gasteiger partial charge in [0.25, 0.3) is 0 Å². The molecule has 6 nitrogen and oxygen atoms in total. The van der Waals surface area contributed by atoms with Gasteiger partial charge in [0.2, 0.25) is 0 Å². The van der Waals surface area contributed by atoms with Gasteiger partial charge in [-0.25, -0.2) is 9.78 Å². The average molecular weight is 545 g/mol. The van der Waals surface area contributed by atoms with Crippen LogP contribution < -0.4 is 10.2 Å². The van der Waals surface area contributed by atoms with Crippen LogP contribution in [-0.4, -0.2) is 27.9 Å². The lowest BCUT2D eigenvalue weighted by atomic mass is 10.0. The van der Waals surface area contributed by atoms with Crippen molar-refractivity contribution in [2.75, 3.05) is 4.90 Å².